The van der Waals surface area contributed by atoms with Crippen LogP contribution < -0.4 is 10.1 Å². The highest BCUT2D eigenvalue weighted by Crippen LogP contribution is 2.10. The molecule has 0 saturated heterocycles. The molecule has 0 fully saturated rings. The summed E-state index contributed by atoms with van der Waals surface area (Å²) in [6, 6.07) is 1.75. The van der Waals surface area contributed by atoms with E-state index in [1.54, 1.807) is 12.3 Å². The van der Waals surface area contributed by atoms with Crippen molar-refractivity contribution in [2.24, 2.45) is 5.92 Å². The number of hydrogen-bond donors (Lipinski definition) is 1. The Morgan fingerprint density at radius 3 is 2.81 bits per heavy atom. The quantitative estimate of drug-likeness (QED) is 0.780. The lowest BCUT2D eigenvalue weighted by atomic mass is 10.2. The van der Waals surface area contributed by atoms with Crippen LogP contribution in [0.25, 0.3) is 0 Å². The number of hydrogen-bond acceptors (Lipinski definition) is 4. The second-order valence-electron chi connectivity index (χ2n) is 4.03. The average molecular weight is 244 g/mol. The summed E-state index contributed by atoms with van der Waals surface area (Å²) in [4.78, 5) is 8.34. The summed E-state index contributed by atoms with van der Waals surface area (Å²) in [7, 11) is 0. The maximum Gasteiger partial charge on any atom is 0.225 e. The number of ether oxygens (including phenoxy) is 1. The average Bonchev–Trinajstić information content (AvgIpc) is 2.25. The highest BCUT2D eigenvalue weighted by molar-refractivity contribution is 6.18. The molecular formula is C11H18ClN3O. The fraction of sp³-hybridized carbons (Fsp3) is 0.636. The molecule has 1 unspecified atom stereocenters. The van der Waals surface area contributed by atoms with Crippen molar-refractivity contribution in [3.05, 3.63) is 12.3 Å². The first-order valence-corrected chi connectivity index (χ1v) is 5.94. The standard InChI is InChI=1S/C11H18ClN3O/c1-8(2)16-10-4-5-13-11(15-10)14-7-9(3)6-12/h4-5,8-9H,6-7H2,1-3H3,(H,13,14,15). The summed E-state index contributed by atoms with van der Waals surface area (Å²) in [5.74, 6) is 2.18. The van der Waals surface area contributed by atoms with Gasteiger partial charge in [-0.2, -0.15) is 4.98 Å². The van der Waals surface area contributed by atoms with Gasteiger partial charge in [-0.1, -0.05) is 6.92 Å². The molecule has 0 amide bonds. The third-order valence-corrected chi connectivity index (χ3v) is 2.39. The summed E-state index contributed by atoms with van der Waals surface area (Å²) in [6.45, 7) is 6.75. The number of nitrogens with one attached hydrogen (secondary N) is 1. The van der Waals surface area contributed by atoms with E-state index in [4.69, 9.17) is 16.3 Å². The lowest BCUT2D eigenvalue weighted by Crippen LogP contribution is -2.15. The van der Waals surface area contributed by atoms with Gasteiger partial charge in [-0.25, -0.2) is 4.98 Å². The molecule has 1 aromatic heterocycles. The van der Waals surface area contributed by atoms with Gasteiger partial charge >= 0.3 is 0 Å². The predicted molar refractivity (Wildman–Crippen MR) is 66.2 cm³/mol. The van der Waals surface area contributed by atoms with Gasteiger partial charge in [0.25, 0.3) is 0 Å². The van der Waals surface area contributed by atoms with Crippen LogP contribution in [0, 0.1) is 5.92 Å². The Hall–Kier alpha value is -1.03. The normalized spacial score (nSPS) is 12.6. The Balaban J connectivity index is 2.53. The molecule has 0 radical (unpaired) electrons. The summed E-state index contributed by atoms with van der Waals surface area (Å²) in [6.07, 6.45) is 1.79. The minimum atomic E-state index is 0.115. The maximum absolute atomic E-state index is 5.71. The van der Waals surface area contributed by atoms with Gasteiger partial charge in [-0.15, -0.1) is 11.6 Å². The van der Waals surface area contributed by atoms with Crippen LogP contribution in [-0.4, -0.2) is 28.5 Å². The van der Waals surface area contributed by atoms with Gasteiger partial charge in [0, 0.05) is 24.7 Å². The summed E-state index contributed by atoms with van der Waals surface area (Å²) in [5.41, 5.74) is 0. The Morgan fingerprint density at radius 1 is 1.44 bits per heavy atom. The van der Waals surface area contributed by atoms with Crippen LogP contribution in [0.2, 0.25) is 0 Å². The smallest absolute Gasteiger partial charge is 0.225 e. The molecular weight excluding hydrogens is 226 g/mol. The van der Waals surface area contributed by atoms with Crippen molar-refractivity contribution in [2.75, 3.05) is 17.7 Å². The first-order valence-electron chi connectivity index (χ1n) is 5.41. The van der Waals surface area contributed by atoms with Crippen molar-refractivity contribution in [2.45, 2.75) is 26.9 Å². The van der Waals surface area contributed by atoms with E-state index in [0.29, 0.717) is 23.6 Å². The number of alkyl halides is 1. The van der Waals surface area contributed by atoms with E-state index in [0.717, 1.165) is 6.54 Å². The van der Waals surface area contributed by atoms with Crippen molar-refractivity contribution < 1.29 is 4.74 Å². The minimum absolute atomic E-state index is 0.115. The van der Waals surface area contributed by atoms with Gasteiger partial charge in [0.2, 0.25) is 11.8 Å². The third kappa shape index (κ3) is 4.66. The summed E-state index contributed by atoms with van der Waals surface area (Å²) < 4.78 is 5.47. The number of halogens is 1. The Morgan fingerprint density at radius 2 is 2.19 bits per heavy atom. The van der Waals surface area contributed by atoms with Crippen molar-refractivity contribution in [3.63, 3.8) is 0 Å². The number of anilines is 1. The first-order chi connectivity index (χ1) is 7.61. The van der Waals surface area contributed by atoms with Crippen molar-refractivity contribution in [3.8, 4) is 5.88 Å². The number of rotatable bonds is 6. The molecule has 0 aliphatic carbocycles. The molecule has 0 aliphatic rings. The van der Waals surface area contributed by atoms with Crippen LogP contribution in [0.1, 0.15) is 20.8 Å². The fourth-order valence-corrected chi connectivity index (χ4v) is 1.16. The molecule has 0 bridgehead atoms. The molecule has 0 spiro atoms. The molecule has 1 N–H and O–H groups in total. The monoisotopic (exact) mass is 243 g/mol. The van der Waals surface area contributed by atoms with E-state index in [1.165, 1.54) is 0 Å². The van der Waals surface area contributed by atoms with Crippen LogP contribution in [0.5, 0.6) is 5.88 Å². The van der Waals surface area contributed by atoms with Crippen LogP contribution in [0.4, 0.5) is 5.95 Å². The zero-order valence-corrected chi connectivity index (χ0v) is 10.7. The second-order valence-corrected chi connectivity index (χ2v) is 4.33. The Labute approximate surface area is 101 Å². The van der Waals surface area contributed by atoms with Crippen LogP contribution in [0.15, 0.2) is 12.3 Å². The molecule has 1 rings (SSSR count). The molecule has 1 heterocycles. The second kappa shape index (κ2) is 6.53. The molecule has 4 nitrogen and oxygen atoms in total. The molecule has 16 heavy (non-hydrogen) atoms. The van der Waals surface area contributed by atoms with E-state index in [-0.39, 0.29) is 6.10 Å². The highest BCUT2D eigenvalue weighted by atomic mass is 35.5. The number of aromatic nitrogens is 2. The van der Waals surface area contributed by atoms with Gasteiger partial charge in [0.05, 0.1) is 6.10 Å². The molecule has 0 aliphatic heterocycles. The molecule has 1 atom stereocenters. The van der Waals surface area contributed by atoms with Crippen LogP contribution in [0.3, 0.4) is 0 Å². The molecule has 90 valence electrons. The molecule has 1 aromatic rings. The van der Waals surface area contributed by atoms with Crippen molar-refractivity contribution in [1.82, 2.24) is 9.97 Å². The lowest BCUT2D eigenvalue weighted by Gasteiger charge is -2.11. The van der Waals surface area contributed by atoms with Gasteiger partial charge in [-0.3, -0.25) is 0 Å². The van der Waals surface area contributed by atoms with Crippen molar-refractivity contribution in [1.29, 1.82) is 0 Å². The highest BCUT2D eigenvalue weighted by Gasteiger charge is 2.04. The molecule has 5 heteroatoms. The topological polar surface area (TPSA) is 47.0 Å². The fourth-order valence-electron chi connectivity index (χ4n) is 1.05. The summed E-state index contributed by atoms with van der Waals surface area (Å²) in [5, 5.41) is 3.12. The van der Waals surface area contributed by atoms with E-state index in [9.17, 15) is 0 Å². The zero-order valence-electron chi connectivity index (χ0n) is 9.90. The van der Waals surface area contributed by atoms with Gasteiger partial charge in [0.1, 0.15) is 0 Å². The van der Waals surface area contributed by atoms with E-state index in [1.807, 2.05) is 13.8 Å². The SMILES string of the molecule is CC(CCl)CNc1nccc(OC(C)C)n1. The Kier molecular flexibility index (Phi) is 5.32. The van der Waals surface area contributed by atoms with Gasteiger partial charge < -0.3 is 10.1 Å². The predicted octanol–water partition coefficient (Wildman–Crippen LogP) is 2.55. The minimum Gasteiger partial charge on any atom is -0.475 e. The van der Waals surface area contributed by atoms with Gasteiger partial charge in [-0.05, 0) is 19.8 Å². The van der Waals surface area contributed by atoms with E-state index in [2.05, 4.69) is 22.2 Å². The largest absolute Gasteiger partial charge is 0.475 e. The first kappa shape index (κ1) is 13.0. The molecule has 0 aromatic carbocycles. The van der Waals surface area contributed by atoms with Crippen LogP contribution in [-0.2, 0) is 0 Å². The Bertz CT molecular complexity index is 320. The molecule has 0 saturated carbocycles. The summed E-state index contributed by atoms with van der Waals surface area (Å²) >= 11 is 5.71. The van der Waals surface area contributed by atoms with Crippen molar-refractivity contribution >= 4 is 17.5 Å². The number of nitrogens with zero attached hydrogens (tertiary/aromatic N) is 2. The third-order valence-electron chi connectivity index (χ3n) is 1.86. The van der Waals surface area contributed by atoms with E-state index < -0.39 is 0 Å². The zero-order chi connectivity index (χ0) is 12.0. The van der Waals surface area contributed by atoms with Gasteiger partial charge in [0.15, 0.2) is 0 Å². The lowest BCUT2D eigenvalue weighted by molar-refractivity contribution is 0.232. The van der Waals surface area contributed by atoms with E-state index >= 15 is 0 Å². The van der Waals surface area contributed by atoms with Crippen LogP contribution >= 0.6 is 11.6 Å². The maximum atomic E-state index is 5.71.